The van der Waals surface area contributed by atoms with Crippen molar-refractivity contribution >= 4 is 29.4 Å². The molecule has 1 aromatic heterocycles. The zero-order valence-corrected chi connectivity index (χ0v) is 12.6. The van der Waals surface area contributed by atoms with Crippen LogP contribution in [0.2, 0.25) is 0 Å². The molecule has 0 saturated heterocycles. The molecule has 0 atom stereocenters. The third-order valence-electron chi connectivity index (χ3n) is 3.95. The topological polar surface area (TPSA) is 94.7 Å². The minimum atomic E-state index is -0.868. The van der Waals surface area contributed by atoms with Crippen LogP contribution in [0.25, 0.3) is 10.9 Å². The summed E-state index contributed by atoms with van der Waals surface area (Å²) in [5.74, 6) is 0.584. The molecule has 0 unspecified atom stereocenters. The van der Waals surface area contributed by atoms with Gasteiger partial charge in [0, 0.05) is 17.0 Å². The molecule has 0 aliphatic carbocycles. The zero-order valence-electron chi connectivity index (χ0n) is 12.6. The molecule has 7 heteroatoms. The number of amides is 1. The van der Waals surface area contributed by atoms with E-state index in [1.165, 1.54) is 0 Å². The van der Waals surface area contributed by atoms with Crippen LogP contribution in [0.1, 0.15) is 15.9 Å². The molecular formula is C17H13BN2O4. The molecule has 1 amide bonds. The minimum absolute atomic E-state index is 0.356. The quantitative estimate of drug-likeness (QED) is 0.710. The van der Waals surface area contributed by atoms with E-state index < -0.39 is 13.0 Å². The van der Waals surface area contributed by atoms with Crippen LogP contribution in [0, 0.1) is 0 Å². The first-order valence-corrected chi connectivity index (χ1v) is 7.41. The molecule has 6 nitrogen and oxygen atoms in total. The number of pyridine rings is 1. The molecular weight excluding hydrogens is 307 g/mol. The number of primary amides is 1. The van der Waals surface area contributed by atoms with E-state index in [1.807, 2.05) is 12.1 Å². The average Bonchev–Trinajstić information content (AvgIpc) is 2.95. The molecule has 2 heterocycles. The van der Waals surface area contributed by atoms with E-state index in [9.17, 15) is 9.82 Å². The lowest BCUT2D eigenvalue weighted by Gasteiger charge is -2.08. The first-order chi connectivity index (χ1) is 11.6. The lowest BCUT2D eigenvalue weighted by molar-refractivity contribution is 0.100. The van der Waals surface area contributed by atoms with Gasteiger partial charge in [-0.25, -0.2) is 4.98 Å². The number of carbonyl (C=O) groups excluding carboxylic acids is 1. The Labute approximate surface area is 138 Å². The summed E-state index contributed by atoms with van der Waals surface area (Å²) in [5, 5.41) is 10.4. The lowest BCUT2D eigenvalue weighted by Crippen LogP contribution is -2.27. The second-order valence-electron chi connectivity index (χ2n) is 5.55. The van der Waals surface area contributed by atoms with Crippen LogP contribution in [0.5, 0.6) is 11.6 Å². The smallest absolute Gasteiger partial charge is 0.439 e. The van der Waals surface area contributed by atoms with E-state index in [2.05, 4.69) is 4.98 Å². The Balaban J connectivity index is 1.63. The standard InChI is InChI=1S/C17H13BN2O4/c19-17(21)11-1-5-15-10(7-11)2-6-16(20-15)24-13-3-4-14-12(8-13)9-23-18(14)22/h1-8,22H,9H2,(H2,19,21). The van der Waals surface area contributed by atoms with Gasteiger partial charge in [0.15, 0.2) is 0 Å². The van der Waals surface area contributed by atoms with Gasteiger partial charge in [0.05, 0.1) is 12.1 Å². The van der Waals surface area contributed by atoms with Crippen LogP contribution in [0.15, 0.2) is 48.5 Å². The fourth-order valence-electron chi connectivity index (χ4n) is 2.71. The molecule has 24 heavy (non-hydrogen) atoms. The van der Waals surface area contributed by atoms with Crippen molar-refractivity contribution in [1.29, 1.82) is 0 Å². The number of ether oxygens (including phenoxy) is 1. The van der Waals surface area contributed by atoms with Gasteiger partial charge >= 0.3 is 7.12 Å². The van der Waals surface area contributed by atoms with Crippen molar-refractivity contribution in [2.45, 2.75) is 6.61 Å². The number of benzene rings is 2. The highest BCUT2D eigenvalue weighted by Crippen LogP contribution is 2.24. The van der Waals surface area contributed by atoms with Crippen LogP contribution >= 0.6 is 0 Å². The number of aromatic nitrogens is 1. The van der Waals surface area contributed by atoms with Gasteiger partial charge in [-0.2, -0.15) is 0 Å². The molecule has 3 N–H and O–H groups in total. The third kappa shape index (κ3) is 2.60. The predicted molar refractivity (Wildman–Crippen MR) is 89.2 cm³/mol. The van der Waals surface area contributed by atoms with Crippen molar-refractivity contribution < 1.29 is 19.2 Å². The Hall–Kier alpha value is -2.90. The minimum Gasteiger partial charge on any atom is -0.439 e. The van der Waals surface area contributed by atoms with Crippen molar-refractivity contribution in [3.05, 3.63) is 59.7 Å². The summed E-state index contributed by atoms with van der Waals surface area (Å²) in [4.78, 5) is 15.6. The highest BCUT2D eigenvalue weighted by atomic mass is 16.5. The van der Waals surface area contributed by atoms with Crippen molar-refractivity contribution in [1.82, 2.24) is 4.98 Å². The maximum atomic E-state index is 11.2. The third-order valence-corrected chi connectivity index (χ3v) is 3.95. The summed E-state index contributed by atoms with van der Waals surface area (Å²) < 4.78 is 10.9. The number of fused-ring (bicyclic) bond motifs is 2. The fourth-order valence-corrected chi connectivity index (χ4v) is 2.71. The van der Waals surface area contributed by atoms with Crippen LogP contribution in [-0.2, 0) is 11.3 Å². The lowest BCUT2D eigenvalue weighted by atomic mass is 9.80. The molecule has 0 saturated carbocycles. The second kappa shape index (κ2) is 5.63. The second-order valence-corrected chi connectivity index (χ2v) is 5.55. The van der Waals surface area contributed by atoms with Gasteiger partial charge in [0.2, 0.25) is 11.8 Å². The molecule has 0 radical (unpaired) electrons. The average molecular weight is 320 g/mol. The van der Waals surface area contributed by atoms with Crippen molar-refractivity contribution in [3.63, 3.8) is 0 Å². The number of nitrogens with two attached hydrogens (primary N) is 1. The number of hydrogen-bond acceptors (Lipinski definition) is 5. The summed E-state index contributed by atoms with van der Waals surface area (Å²) in [6.45, 7) is 0.356. The molecule has 1 aliphatic heterocycles. The summed E-state index contributed by atoms with van der Waals surface area (Å²) in [6.07, 6.45) is 0. The van der Waals surface area contributed by atoms with Crippen LogP contribution in [-0.4, -0.2) is 23.0 Å². The van der Waals surface area contributed by atoms with Crippen molar-refractivity contribution in [2.75, 3.05) is 0 Å². The van der Waals surface area contributed by atoms with Gasteiger partial charge in [-0.15, -0.1) is 0 Å². The summed E-state index contributed by atoms with van der Waals surface area (Å²) in [7, 11) is -0.868. The molecule has 0 bridgehead atoms. The fraction of sp³-hybridized carbons (Fsp3) is 0.0588. The first-order valence-electron chi connectivity index (χ1n) is 7.41. The highest BCUT2D eigenvalue weighted by Gasteiger charge is 2.27. The molecule has 2 aromatic carbocycles. The Morgan fingerprint density at radius 1 is 1.21 bits per heavy atom. The molecule has 0 fully saturated rings. The molecule has 4 rings (SSSR count). The highest BCUT2D eigenvalue weighted by molar-refractivity contribution is 6.61. The summed E-state index contributed by atoms with van der Waals surface area (Å²) in [5.41, 5.74) is 8.08. The van der Waals surface area contributed by atoms with Crippen LogP contribution < -0.4 is 15.9 Å². The van der Waals surface area contributed by atoms with Gasteiger partial charge < -0.3 is 20.1 Å². The molecule has 118 valence electrons. The Bertz CT molecular complexity index is 960. The molecule has 3 aromatic rings. The van der Waals surface area contributed by atoms with Gasteiger partial charge in [-0.1, -0.05) is 6.07 Å². The number of rotatable bonds is 3. The van der Waals surface area contributed by atoms with Gasteiger partial charge in [0.25, 0.3) is 0 Å². The largest absolute Gasteiger partial charge is 0.491 e. The molecule has 0 spiro atoms. The van der Waals surface area contributed by atoms with E-state index in [0.717, 1.165) is 16.4 Å². The summed E-state index contributed by atoms with van der Waals surface area (Å²) in [6, 6.07) is 14.0. The van der Waals surface area contributed by atoms with Crippen molar-refractivity contribution in [2.24, 2.45) is 5.73 Å². The maximum absolute atomic E-state index is 11.2. The van der Waals surface area contributed by atoms with Crippen molar-refractivity contribution in [3.8, 4) is 11.6 Å². The first kappa shape index (κ1) is 14.7. The maximum Gasteiger partial charge on any atom is 0.491 e. The van der Waals surface area contributed by atoms with E-state index in [0.29, 0.717) is 29.3 Å². The number of nitrogens with zero attached hydrogens (tertiary/aromatic N) is 1. The Kier molecular flexibility index (Phi) is 3.44. The van der Waals surface area contributed by atoms with E-state index in [4.69, 9.17) is 15.1 Å². The predicted octanol–water partition coefficient (Wildman–Crippen LogP) is 1.34. The van der Waals surface area contributed by atoms with E-state index in [1.54, 1.807) is 36.4 Å². The van der Waals surface area contributed by atoms with Crippen LogP contribution in [0.3, 0.4) is 0 Å². The van der Waals surface area contributed by atoms with Crippen LogP contribution in [0.4, 0.5) is 0 Å². The Morgan fingerprint density at radius 3 is 2.92 bits per heavy atom. The normalized spacial score (nSPS) is 13.1. The van der Waals surface area contributed by atoms with Gasteiger partial charge in [-0.05, 0) is 47.4 Å². The monoisotopic (exact) mass is 320 g/mol. The zero-order chi connectivity index (χ0) is 16.7. The van der Waals surface area contributed by atoms with E-state index >= 15 is 0 Å². The Morgan fingerprint density at radius 2 is 2.08 bits per heavy atom. The summed E-state index contributed by atoms with van der Waals surface area (Å²) >= 11 is 0. The number of hydrogen-bond donors (Lipinski definition) is 2. The van der Waals surface area contributed by atoms with E-state index in [-0.39, 0.29) is 0 Å². The SMILES string of the molecule is NC(=O)c1ccc2nc(Oc3ccc4c(c3)COB4O)ccc2c1. The van der Waals surface area contributed by atoms with Gasteiger partial charge in [0.1, 0.15) is 5.75 Å². The molecule has 1 aliphatic rings. The number of carbonyl (C=O) groups is 1. The van der Waals surface area contributed by atoms with Gasteiger partial charge in [-0.3, -0.25) is 4.79 Å².